The smallest absolute Gasteiger partial charge is 0.255 e. The maximum Gasteiger partial charge on any atom is 0.255 e. The molecule has 0 saturated carbocycles. The average molecular weight is 355 g/mol. The van der Waals surface area contributed by atoms with Crippen LogP contribution in [-0.4, -0.2) is 13.0 Å². The van der Waals surface area contributed by atoms with Crippen molar-refractivity contribution in [1.29, 1.82) is 0 Å². The van der Waals surface area contributed by atoms with Crippen LogP contribution >= 0.6 is 27.5 Å². The molecule has 0 heterocycles. The number of halogens is 2. The van der Waals surface area contributed by atoms with Gasteiger partial charge in [-0.25, -0.2) is 0 Å². The predicted octanol–water partition coefficient (Wildman–Crippen LogP) is 4.04. The Bertz CT molecular complexity index is 631. The lowest BCUT2D eigenvalue weighted by atomic mass is 10.1. The van der Waals surface area contributed by atoms with Gasteiger partial charge in [0, 0.05) is 16.0 Å². The largest absolute Gasteiger partial charge is 0.496 e. The van der Waals surface area contributed by atoms with Gasteiger partial charge in [0.15, 0.2) is 0 Å². The summed E-state index contributed by atoms with van der Waals surface area (Å²) >= 11 is 9.31. The molecular weight excluding hydrogens is 342 g/mol. The topological polar surface area (TPSA) is 38.3 Å². The van der Waals surface area contributed by atoms with Crippen molar-refractivity contribution >= 4 is 33.4 Å². The van der Waals surface area contributed by atoms with Gasteiger partial charge in [-0.2, -0.15) is 0 Å². The van der Waals surface area contributed by atoms with Gasteiger partial charge in [-0.1, -0.05) is 39.7 Å². The van der Waals surface area contributed by atoms with Gasteiger partial charge in [0.05, 0.1) is 12.7 Å². The fraction of sp³-hybridized carbons (Fsp3) is 0.133. The highest BCUT2D eigenvalue weighted by Gasteiger charge is 2.12. The number of amides is 1. The highest BCUT2D eigenvalue weighted by atomic mass is 79.9. The maximum atomic E-state index is 12.2. The lowest BCUT2D eigenvalue weighted by Gasteiger charge is -2.10. The maximum absolute atomic E-state index is 12.2. The van der Waals surface area contributed by atoms with E-state index in [1.165, 1.54) is 7.11 Å². The Kier molecular flexibility index (Phi) is 5.04. The van der Waals surface area contributed by atoms with E-state index >= 15 is 0 Å². The van der Waals surface area contributed by atoms with Gasteiger partial charge in [0.1, 0.15) is 5.75 Å². The number of methoxy groups -OCH3 is 1. The molecule has 1 amide bonds. The first-order valence-corrected chi connectivity index (χ1v) is 7.13. The number of hydrogen-bond donors (Lipinski definition) is 1. The van der Waals surface area contributed by atoms with Crippen molar-refractivity contribution in [1.82, 2.24) is 5.32 Å². The van der Waals surface area contributed by atoms with Crippen LogP contribution in [0, 0.1) is 0 Å². The molecule has 0 saturated heterocycles. The van der Waals surface area contributed by atoms with Crippen molar-refractivity contribution in [3.63, 3.8) is 0 Å². The zero-order valence-electron chi connectivity index (χ0n) is 10.8. The van der Waals surface area contributed by atoms with E-state index in [-0.39, 0.29) is 5.91 Å². The van der Waals surface area contributed by atoms with E-state index in [2.05, 4.69) is 21.2 Å². The van der Waals surface area contributed by atoms with Crippen LogP contribution in [0.5, 0.6) is 5.75 Å². The number of hydrogen-bond acceptors (Lipinski definition) is 2. The quantitative estimate of drug-likeness (QED) is 0.900. The predicted molar refractivity (Wildman–Crippen MR) is 83.3 cm³/mol. The van der Waals surface area contributed by atoms with Crippen molar-refractivity contribution in [2.45, 2.75) is 6.54 Å². The molecule has 0 aliphatic carbocycles. The summed E-state index contributed by atoms with van der Waals surface area (Å²) in [5.41, 5.74) is 1.43. The molecule has 2 aromatic carbocycles. The second-order valence-corrected chi connectivity index (χ2v) is 5.51. The SMILES string of the molecule is COc1ccc(Cl)cc1C(=O)NCc1cccc(Br)c1. The van der Waals surface area contributed by atoms with Crippen molar-refractivity contribution in [3.05, 3.63) is 63.1 Å². The second kappa shape index (κ2) is 6.77. The molecule has 20 heavy (non-hydrogen) atoms. The Morgan fingerprint density at radius 2 is 2.10 bits per heavy atom. The molecule has 0 aliphatic rings. The lowest BCUT2D eigenvalue weighted by Crippen LogP contribution is -2.23. The van der Waals surface area contributed by atoms with Crippen LogP contribution in [0.4, 0.5) is 0 Å². The molecule has 0 radical (unpaired) electrons. The Morgan fingerprint density at radius 3 is 2.80 bits per heavy atom. The summed E-state index contributed by atoms with van der Waals surface area (Å²) in [6, 6.07) is 12.7. The van der Waals surface area contributed by atoms with Crippen LogP contribution in [0.1, 0.15) is 15.9 Å². The van der Waals surface area contributed by atoms with E-state index in [0.29, 0.717) is 22.9 Å². The molecule has 0 aliphatic heterocycles. The van der Waals surface area contributed by atoms with Gasteiger partial charge >= 0.3 is 0 Å². The monoisotopic (exact) mass is 353 g/mol. The summed E-state index contributed by atoms with van der Waals surface area (Å²) in [6.07, 6.45) is 0. The minimum absolute atomic E-state index is 0.218. The summed E-state index contributed by atoms with van der Waals surface area (Å²) in [5, 5.41) is 3.34. The molecule has 3 nitrogen and oxygen atoms in total. The fourth-order valence-electron chi connectivity index (χ4n) is 1.78. The summed E-state index contributed by atoms with van der Waals surface area (Å²) in [4.78, 5) is 12.2. The molecule has 0 spiro atoms. The minimum Gasteiger partial charge on any atom is -0.496 e. The normalized spacial score (nSPS) is 10.2. The van der Waals surface area contributed by atoms with Crippen molar-refractivity contribution in [3.8, 4) is 5.75 Å². The van der Waals surface area contributed by atoms with Gasteiger partial charge < -0.3 is 10.1 Å². The zero-order chi connectivity index (χ0) is 14.5. The number of benzene rings is 2. The summed E-state index contributed by atoms with van der Waals surface area (Å²) in [6.45, 7) is 0.438. The van der Waals surface area contributed by atoms with E-state index in [4.69, 9.17) is 16.3 Å². The molecule has 0 aromatic heterocycles. The van der Waals surface area contributed by atoms with Crippen LogP contribution in [0.25, 0.3) is 0 Å². The van der Waals surface area contributed by atoms with Gasteiger partial charge in [0.2, 0.25) is 0 Å². The number of rotatable bonds is 4. The van der Waals surface area contributed by atoms with E-state index in [1.807, 2.05) is 24.3 Å². The highest BCUT2D eigenvalue weighted by molar-refractivity contribution is 9.10. The molecule has 1 N–H and O–H groups in total. The Balaban J connectivity index is 2.10. The van der Waals surface area contributed by atoms with Crippen LogP contribution < -0.4 is 10.1 Å². The highest BCUT2D eigenvalue weighted by Crippen LogP contribution is 2.22. The first-order chi connectivity index (χ1) is 9.60. The molecule has 0 fully saturated rings. The van der Waals surface area contributed by atoms with Crippen molar-refractivity contribution < 1.29 is 9.53 Å². The number of nitrogens with one attached hydrogen (secondary N) is 1. The summed E-state index contributed by atoms with van der Waals surface area (Å²) in [7, 11) is 1.52. The molecule has 2 aromatic rings. The standard InChI is InChI=1S/C15H13BrClNO2/c1-20-14-6-5-12(17)8-13(14)15(19)18-9-10-3-2-4-11(16)7-10/h2-8H,9H2,1H3,(H,18,19). The second-order valence-electron chi connectivity index (χ2n) is 4.16. The fourth-order valence-corrected chi connectivity index (χ4v) is 2.40. The van der Waals surface area contributed by atoms with Gasteiger partial charge in [0.25, 0.3) is 5.91 Å². The number of carbonyl (C=O) groups excluding carboxylic acids is 1. The molecule has 2 rings (SSSR count). The first kappa shape index (κ1) is 14.9. The summed E-state index contributed by atoms with van der Waals surface area (Å²) < 4.78 is 6.14. The van der Waals surface area contributed by atoms with Crippen LogP contribution in [-0.2, 0) is 6.54 Å². The number of carbonyl (C=O) groups is 1. The molecule has 0 bridgehead atoms. The Hall–Kier alpha value is -1.52. The van der Waals surface area contributed by atoms with Gasteiger partial charge in [-0.15, -0.1) is 0 Å². The third-order valence-corrected chi connectivity index (χ3v) is 3.48. The van der Waals surface area contributed by atoms with E-state index in [9.17, 15) is 4.79 Å². The molecular formula is C15H13BrClNO2. The van der Waals surface area contributed by atoms with Gasteiger partial charge in [-0.05, 0) is 35.9 Å². The van der Waals surface area contributed by atoms with Crippen molar-refractivity contribution in [2.24, 2.45) is 0 Å². The van der Waals surface area contributed by atoms with Crippen LogP contribution in [0.15, 0.2) is 46.9 Å². The third-order valence-electron chi connectivity index (χ3n) is 2.75. The van der Waals surface area contributed by atoms with Crippen LogP contribution in [0.3, 0.4) is 0 Å². The third kappa shape index (κ3) is 3.74. The zero-order valence-corrected chi connectivity index (χ0v) is 13.2. The first-order valence-electron chi connectivity index (χ1n) is 5.96. The van der Waals surface area contributed by atoms with Gasteiger partial charge in [-0.3, -0.25) is 4.79 Å². The van der Waals surface area contributed by atoms with E-state index < -0.39 is 0 Å². The lowest BCUT2D eigenvalue weighted by molar-refractivity contribution is 0.0948. The Labute approximate surface area is 131 Å². The average Bonchev–Trinajstić information content (AvgIpc) is 2.45. The van der Waals surface area contributed by atoms with Crippen LogP contribution in [0.2, 0.25) is 5.02 Å². The minimum atomic E-state index is -0.218. The van der Waals surface area contributed by atoms with E-state index in [1.54, 1.807) is 18.2 Å². The number of ether oxygens (including phenoxy) is 1. The molecule has 0 unspecified atom stereocenters. The molecule has 0 atom stereocenters. The molecule has 104 valence electrons. The molecule has 5 heteroatoms. The van der Waals surface area contributed by atoms with Crippen molar-refractivity contribution in [2.75, 3.05) is 7.11 Å². The summed E-state index contributed by atoms with van der Waals surface area (Å²) in [5.74, 6) is 0.283. The van der Waals surface area contributed by atoms with E-state index in [0.717, 1.165) is 10.0 Å². The Morgan fingerprint density at radius 1 is 1.30 bits per heavy atom.